The van der Waals surface area contributed by atoms with Gasteiger partial charge < -0.3 is 14.6 Å². The first-order chi connectivity index (χ1) is 14.4. The Morgan fingerprint density at radius 2 is 1.90 bits per heavy atom. The molecule has 0 bridgehead atoms. The fourth-order valence-electron chi connectivity index (χ4n) is 3.45. The highest BCUT2D eigenvalue weighted by Gasteiger charge is 2.44. The Morgan fingerprint density at radius 3 is 2.63 bits per heavy atom. The first-order valence-electron chi connectivity index (χ1n) is 9.73. The molecular formula is C22H22N4O4. The number of cyclic esters (lactones) is 1. The summed E-state index contributed by atoms with van der Waals surface area (Å²) in [7, 11) is 0. The molecule has 2 aromatic heterocycles. The summed E-state index contributed by atoms with van der Waals surface area (Å²) in [4.78, 5) is 34.0. The van der Waals surface area contributed by atoms with E-state index in [4.69, 9.17) is 9.26 Å². The molecule has 1 aliphatic rings. The van der Waals surface area contributed by atoms with Crippen LogP contribution in [0.15, 0.2) is 53.3 Å². The Balaban J connectivity index is 1.56. The maximum absolute atomic E-state index is 13.2. The third-order valence-corrected chi connectivity index (χ3v) is 5.16. The van der Waals surface area contributed by atoms with Gasteiger partial charge in [-0.3, -0.25) is 9.78 Å². The van der Waals surface area contributed by atoms with Crippen LogP contribution in [-0.4, -0.2) is 32.6 Å². The van der Waals surface area contributed by atoms with E-state index in [9.17, 15) is 9.59 Å². The number of rotatable bonds is 5. The van der Waals surface area contributed by atoms with Crippen molar-refractivity contribution in [2.75, 3.05) is 0 Å². The Labute approximate surface area is 173 Å². The fourth-order valence-corrected chi connectivity index (χ4v) is 3.45. The molecule has 3 aromatic rings. The molecule has 1 N–H and O–H groups in total. The van der Waals surface area contributed by atoms with Gasteiger partial charge >= 0.3 is 5.97 Å². The lowest BCUT2D eigenvalue weighted by molar-refractivity contribution is -0.141. The number of nitrogens with one attached hydrogen (secondary N) is 1. The molecule has 0 spiro atoms. The standard InChI is InChI=1S/C22H22N4O4/c1-13(2)17(19-25-18(26-30-19)14-8-10-23-11-9-14)24-21(28)22(3)12-15-6-4-5-7-16(15)20(27)29-22/h4-11,13,17H,12H2,1-3H3,(H,24,28). The van der Waals surface area contributed by atoms with Crippen molar-refractivity contribution >= 4 is 11.9 Å². The molecule has 30 heavy (non-hydrogen) atoms. The number of hydrogen-bond acceptors (Lipinski definition) is 7. The molecule has 0 fully saturated rings. The zero-order chi connectivity index (χ0) is 21.3. The van der Waals surface area contributed by atoms with Gasteiger partial charge in [0.25, 0.3) is 5.91 Å². The third kappa shape index (κ3) is 3.68. The van der Waals surface area contributed by atoms with Crippen molar-refractivity contribution in [3.05, 3.63) is 65.8 Å². The van der Waals surface area contributed by atoms with E-state index in [1.807, 2.05) is 26.0 Å². The Hall–Kier alpha value is -3.55. The second-order valence-electron chi connectivity index (χ2n) is 7.84. The van der Waals surface area contributed by atoms with Crippen LogP contribution in [0, 0.1) is 5.92 Å². The topological polar surface area (TPSA) is 107 Å². The molecule has 154 valence electrons. The van der Waals surface area contributed by atoms with Crippen LogP contribution in [0.2, 0.25) is 0 Å². The Morgan fingerprint density at radius 1 is 1.17 bits per heavy atom. The van der Waals surface area contributed by atoms with Crippen LogP contribution in [-0.2, 0) is 16.0 Å². The number of benzene rings is 1. The monoisotopic (exact) mass is 406 g/mol. The van der Waals surface area contributed by atoms with Gasteiger partial charge in [-0.15, -0.1) is 0 Å². The van der Waals surface area contributed by atoms with Gasteiger partial charge in [0.15, 0.2) is 5.60 Å². The van der Waals surface area contributed by atoms with E-state index in [0.29, 0.717) is 11.4 Å². The number of nitrogens with zero attached hydrogens (tertiary/aromatic N) is 3. The van der Waals surface area contributed by atoms with E-state index in [1.54, 1.807) is 43.6 Å². The van der Waals surface area contributed by atoms with Crippen LogP contribution in [0.25, 0.3) is 11.4 Å². The summed E-state index contributed by atoms with van der Waals surface area (Å²) in [6, 6.07) is 10.2. The average molecular weight is 406 g/mol. The molecule has 0 aliphatic carbocycles. The maximum Gasteiger partial charge on any atom is 0.339 e. The Bertz CT molecular complexity index is 1080. The summed E-state index contributed by atoms with van der Waals surface area (Å²) in [6.45, 7) is 5.49. The number of ether oxygens (including phenoxy) is 1. The molecule has 0 radical (unpaired) electrons. The SMILES string of the molecule is CC(C)C(NC(=O)C1(C)Cc2ccccc2C(=O)O1)c1nc(-c2ccncc2)no1. The summed E-state index contributed by atoms with van der Waals surface area (Å²) >= 11 is 0. The van der Waals surface area contributed by atoms with Crippen molar-refractivity contribution in [1.29, 1.82) is 0 Å². The molecule has 1 aromatic carbocycles. The van der Waals surface area contributed by atoms with Gasteiger partial charge in [0, 0.05) is 24.4 Å². The smallest absolute Gasteiger partial charge is 0.339 e. The predicted octanol–water partition coefficient (Wildman–Crippen LogP) is 3.12. The van der Waals surface area contributed by atoms with Gasteiger partial charge in [0.1, 0.15) is 6.04 Å². The van der Waals surface area contributed by atoms with Gasteiger partial charge in [-0.25, -0.2) is 4.79 Å². The molecule has 1 aliphatic heterocycles. The van der Waals surface area contributed by atoms with Crippen LogP contribution in [0.4, 0.5) is 0 Å². The van der Waals surface area contributed by atoms with Crippen LogP contribution >= 0.6 is 0 Å². The molecule has 1 amide bonds. The minimum atomic E-state index is -1.33. The average Bonchev–Trinajstić information content (AvgIpc) is 3.22. The van der Waals surface area contributed by atoms with Gasteiger partial charge in [-0.1, -0.05) is 37.2 Å². The van der Waals surface area contributed by atoms with Gasteiger partial charge in [-0.05, 0) is 36.6 Å². The molecular weight excluding hydrogens is 384 g/mol. The molecule has 8 heteroatoms. The lowest BCUT2D eigenvalue weighted by Gasteiger charge is -2.34. The quantitative estimate of drug-likeness (QED) is 0.649. The van der Waals surface area contributed by atoms with Crippen molar-refractivity contribution in [1.82, 2.24) is 20.4 Å². The highest BCUT2D eigenvalue weighted by atomic mass is 16.6. The fraction of sp³-hybridized carbons (Fsp3) is 0.318. The molecule has 8 nitrogen and oxygen atoms in total. The summed E-state index contributed by atoms with van der Waals surface area (Å²) in [5.41, 5.74) is 0.706. The summed E-state index contributed by atoms with van der Waals surface area (Å²) < 4.78 is 11.0. The second kappa shape index (κ2) is 7.70. The van der Waals surface area contributed by atoms with Crippen molar-refractivity contribution < 1.29 is 18.8 Å². The lowest BCUT2D eigenvalue weighted by atomic mass is 9.88. The summed E-state index contributed by atoms with van der Waals surface area (Å²) in [5.74, 6) is -0.247. The zero-order valence-corrected chi connectivity index (χ0v) is 17.0. The number of carbonyl (C=O) groups is 2. The summed E-state index contributed by atoms with van der Waals surface area (Å²) in [5, 5.41) is 6.95. The van der Waals surface area contributed by atoms with Crippen molar-refractivity contribution in [2.24, 2.45) is 5.92 Å². The van der Waals surface area contributed by atoms with E-state index in [-0.39, 0.29) is 18.2 Å². The van der Waals surface area contributed by atoms with Crippen LogP contribution < -0.4 is 5.32 Å². The van der Waals surface area contributed by atoms with E-state index in [1.165, 1.54) is 0 Å². The highest BCUT2D eigenvalue weighted by Crippen LogP contribution is 2.30. The molecule has 2 atom stereocenters. The number of fused-ring (bicyclic) bond motifs is 1. The largest absolute Gasteiger partial charge is 0.445 e. The molecule has 0 saturated heterocycles. The number of esters is 1. The van der Waals surface area contributed by atoms with E-state index in [2.05, 4.69) is 20.4 Å². The normalized spacial score (nSPS) is 19.1. The van der Waals surface area contributed by atoms with Crippen molar-refractivity contribution in [2.45, 2.75) is 38.8 Å². The molecule has 3 heterocycles. The highest BCUT2D eigenvalue weighted by molar-refractivity contribution is 5.97. The lowest BCUT2D eigenvalue weighted by Crippen LogP contribution is -2.53. The first-order valence-corrected chi connectivity index (χ1v) is 9.73. The van der Waals surface area contributed by atoms with Gasteiger partial charge in [0.05, 0.1) is 5.56 Å². The van der Waals surface area contributed by atoms with Gasteiger partial charge in [0.2, 0.25) is 11.7 Å². The van der Waals surface area contributed by atoms with E-state index >= 15 is 0 Å². The number of aromatic nitrogens is 3. The maximum atomic E-state index is 13.2. The van der Waals surface area contributed by atoms with Crippen LogP contribution in [0.1, 0.15) is 48.6 Å². The molecule has 2 unspecified atom stereocenters. The number of carbonyl (C=O) groups excluding carboxylic acids is 2. The minimum Gasteiger partial charge on any atom is -0.445 e. The molecule has 0 saturated carbocycles. The second-order valence-corrected chi connectivity index (χ2v) is 7.84. The first kappa shape index (κ1) is 19.8. The van der Waals surface area contributed by atoms with Crippen LogP contribution in [0.5, 0.6) is 0 Å². The minimum absolute atomic E-state index is 0.0325. The van der Waals surface area contributed by atoms with Crippen LogP contribution in [0.3, 0.4) is 0 Å². The van der Waals surface area contributed by atoms with Crippen molar-refractivity contribution in [3.63, 3.8) is 0 Å². The molecule has 4 rings (SSSR count). The Kier molecular flexibility index (Phi) is 5.07. The van der Waals surface area contributed by atoms with E-state index < -0.39 is 23.5 Å². The number of hydrogen-bond donors (Lipinski definition) is 1. The van der Waals surface area contributed by atoms with Gasteiger partial charge in [-0.2, -0.15) is 4.98 Å². The van der Waals surface area contributed by atoms with Crippen molar-refractivity contribution in [3.8, 4) is 11.4 Å². The summed E-state index contributed by atoms with van der Waals surface area (Å²) in [6.07, 6.45) is 3.57. The predicted molar refractivity (Wildman–Crippen MR) is 107 cm³/mol. The number of amides is 1. The zero-order valence-electron chi connectivity index (χ0n) is 17.0. The van der Waals surface area contributed by atoms with E-state index in [0.717, 1.165) is 11.1 Å². The third-order valence-electron chi connectivity index (χ3n) is 5.16. The number of pyridine rings is 1.